The first-order chi connectivity index (χ1) is 29.5. The van der Waals surface area contributed by atoms with Crippen molar-refractivity contribution in [2.75, 3.05) is 13.2 Å². The second kappa shape index (κ2) is 48.5. The van der Waals surface area contributed by atoms with E-state index in [1.165, 1.54) is 83.5 Å². The highest BCUT2D eigenvalue weighted by Gasteiger charge is 2.19. The minimum Gasteiger partial charge on any atom is -0.462 e. The molecular weight excluding hydrogens is 745 g/mol. The van der Waals surface area contributed by atoms with E-state index in [4.69, 9.17) is 14.2 Å². The van der Waals surface area contributed by atoms with Crippen LogP contribution in [-0.4, -0.2) is 37.2 Å². The molecule has 6 heteroatoms. The molecular formula is C54H92O6. The van der Waals surface area contributed by atoms with Gasteiger partial charge in [-0.2, -0.15) is 0 Å². The van der Waals surface area contributed by atoms with Crippen LogP contribution in [0, 0.1) is 0 Å². The molecule has 0 bridgehead atoms. The first kappa shape index (κ1) is 56.9. The third-order valence-electron chi connectivity index (χ3n) is 10.5. The van der Waals surface area contributed by atoms with Gasteiger partial charge in [-0.3, -0.25) is 14.4 Å². The van der Waals surface area contributed by atoms with Crippen LogP contribution in [0.15, 0.2) is 72.9 Å². The van der Waals surface area contributed by atoms with E-state index in [9.17, 15) is 14.4 Å². The predicted octanol–water partition coefficient (Wildman–Crippen LogP) is 16.3. The summed E-state index contributed by atoms with van der Waals surface area (Å²) in [6, 6.07) is 0. The second-order valence-electron chi connectivity index (χ2n) is 16.4. The zero-order chi connectivity index (χ0) is 43.7. The maximum absolute atomic E-state index is 12.8. The highest BCUT2D eigenvalue weighted by molar-refractivity contribution is 5.71. The standard InChI is InChI=1S/C54H92O6/c1-4-7-10-13-16-19-22-25-27-30-32-35-38-41-44-47-53(56)59-50-51(49-58-52(55)46-43-40-37-34-31-28-24-21-18-15-12-9-6-3)60-54(57)48-45-42-39-36-33-29-26-23-20-17-14-11-8-5-2/h7,10,13,16,19,22,25,27-29,31,33,51H,4-6,8-9,11-12,14-15,17-18,20-21,23-24,26,30,32,34-50H2,1-3H3/b10-7-,16-13-,22-19-,27-25-,31-28-,33-29-. The zero-order valence-electron chi connectivity index (χ0n) is 39.2. The van der Waals surface area contributed by atoms with Gasteiger partial charge in [-0.15, -0.1) is 0 Å². The predicted molar refractivity (Wildman–Crippen MR) is 256 cm³/mol. The fraction of sp³-hybridized carbons (Fsp3) is 0.722. The summed E-state index contributed by atoms with van der Waals surface area (Å²) in [7, 11) is 0. The van der Waals surface area contributed by atoms with Crippen LogP contribution in [0.1, 0.15) is 233 Å². The van der Waals surface area contributed by atoms with E-state index >= 15 is 0 Å². The van der Waals surface area contributed by atoms with Crippen molar-refractivity contribution in [3.8, 4) is 0 Å². The van der Waals surface area contributed by atoms with Crippen LogP contribution in [0.2, 0.25) is 0 Å². The lowest BCUT2D eigenvalue weighted by Crippen LogP contribution is -2.30. The molecule has 0 fully saturated rings. The van der Waals surface area contributed by atoms with Gasteiger partial charge in [-0.25, -0.2) is 0 Å². The lowest BCUT2D eigenvalue weighted by atomic mass is 10.1. The van der Waals surface area contributed by atoms with Gasteiger partial charge in [0.15, 0.2) is 6.10 Å². The second-order valence-corrected chi connectivity index (χ2v) is 16.4. The van der Waals surface area contributed by atoms with E-state index in [0.717, 1.165) is 109 Å². The number of hydrogen-bond acceptors (Lipinski definition) is 6. The van der Waals surface area contributed by atoms with Crippen LogP contribution in [0.5, 0.6) is 0 Å². The molecule has 0 saturated heterocycles. The Morgan fingerprint density at radius 3 is 1.08 bits per heavy atom. The van der Waals surface area contributed by atoms with Crippen LogP contribution in [-0.2, 0) is 28.6 Å². The fourth-order valence-corrected chi connectivity index (χ4v) is 6.73. The Labute approximate surface area is 370 Å². The number of ether oxygens (including phenoxy) is 3. The summed E-state index contributed by atoms with van der Waals surface area (Å²) in [5.41, 5.74) is 0. The SMILES string of the molecule is CC\C=C/C=C\C=C/C=C\CCCCCCCC(=O)OCC(COC(=O)CCCCC/C=C\CCCCCCCC)OC(=O)CCCCC/C=C\CCCCCCCCC. The third kappa shape index (κ3) is 45.9. The van der Waals surface area contributed by atoms with Crippen LogP contribution >= 0.6 is 0 Å². The largest absolute Gasteiger partial charge is 0.462 e. The molecule has 344 valence electrons. The monoisotopic (exact) mass is 837 g/mol. The van der Waals surface area contributed by atoms with Crippen molar-refractivity contribution >= 4 is 17.9 Å². The Morgan fingerprint density at radius 2 is 0.667 bits per heavy atom. The minimum atomic E-state index is -0.798. The van der Waals surface area contributed by atoms with E-state index < -0.39 is 6.10 Å². The Hall–Kier alpha value is -3.15. The van der Waals surface area contributed by atoms with Crippen molar-refractivity contribution in [2.24, 2.45) is 0 Å². The summed E-state index contributed by atoms with van der Waals surface area (Å²) in [6.45, 7) is 6.43. The van der Waals surface area contributed by atoms with Crippen molar-refractivity contribution in [3.05, 3.63) is 72.9 Å². The number of carbonyl (C=O) groups is 3. The normalized spacial score (nSPS) is 12.7. The molecule has 0 radical (unpaired) electrons. The molecule has 0 N–H and O–H groups in total. The molecule has 0 aliphatic heterocycles. The molecule has 0 amide bonds. The van der Waals surface area contributed by atoms with Crippen LogP contribution in [0.4, 0.5) is 0 Å². The minimum absolute atomic E-state index is 0.0974. The quantitative estimate of drug-likeness (QED) is 0.0200. The summed E-state index contributed by atoms with van der Waals surface area (Å²) in [5.74, 6) is -0.952. The average molecular weight is 837 g/mol. The van der Waals surface area contributed by atoms with Crippen LogP contribution in [0.3, 0.4) is 0 Å². The molecule has 1 atom stereocenters. The fourth-order valence-electron chi connectivity index (χ4n) is 6.73. The molecule has 0 aromatic rings. The molecule has 0 heterocycles. The lowest BCUT2D eigenvalue weighted by molar-refractivity contribution is -0.167. The first-order valence-corrected chi connectivity index (χ1v) is 25.0. The maximum Gasteiger partial charge on any atom is 0.306 e. The number of rotatable bonds is 44. The van der Waals surface area contributed by atoms with Gasteiger partial charge in [-0.05, 0) is 89.9 Å². The van der Waals surface area contributed by atoms with Crippen LogP contribution in [0.25, 0.3) is 0 Å². The summed E-state index contributed by atoms with van der Waals surface area (Å²) in [5, 5.41) is 0. The van der Waals surface area contributed by atoms with E-state index in [1.54, 1.807) is 0 Å². The topological polar surface area (TPSA) is 78.9 Å². The van der Waals surface area contributed by atoms with Crippen LogP contribution < -0.4 is 0 Å². The highest BCUT2D eigenvalue weighted by Crippen LogP contribution is 2.13. The first-order valence-electron chi connectivity index (χ1n) is 25.0. The van der Waals surface area contributed by atoms with Gasteiger partial charge >= 0.3 is 17.9 Å². The van der Waals surface area contributed by atoms with E-state index in [1.807, 2.05) is 18.2 Å². The summed E-state index contributed by atoms with van der Waals surface area (Å²) >= 11 is 0. The summed E-state index contributed by atoms with van der Waals surface area (Å²) in [4.78, 5) is 37.9. The third-order valence-corrected chi connectivity index (χ3v) is 10.5. The number of esters is 3. The molecule has 0 rings (SSSR count). The van der Waals surface area contributed by atoms with Crippen molar-refractivity contribution in [1.29, 1.82) is 0 Å². The summed E-state index contributed by atoms with van der Waals surface area (Å²) < 4.78 is 16.7. The number of carbonyl (C=O) groups excluding carboxylic acids is 3. The van der Waals surface area contributed by atoms with Gasteiger partial charge in [0.2, 0.25) is 0 Å². The molecule has 0 aliphatic rings. The number of allylic oxidation sites excluding steroid dienone is 12. The zero-order valence-corrected chi connectivity index (χ0v) is 39.2. The maximum atomic E-state index is 12.8. The van der Waals surface area contributed by atoms with E-state index in [-0.39, 0.29) is 31.1 Å². The van der Waals surface area contributed by atoms with E-state index in [0.29, 0.717) is 19.3 Å². The molecule has 0 spiro atoms. The van der Waals surface area contributed by atoms with E-state index in [2.05, 4.69) is 75.5 Å². The van der Waals surface area contributed by atoms with Gasteiger partial charge in [0, 0.05) is 19.3 Å². The molecule has 1 unspecified atom stereocenters. The molecule has 0 aromatic heterocycles. The Bertz CT molecular complexity index is 1140. The smallest absolute Gasteiger partial charge is 0.306 e. The van der Waals surface area contributed by atoms with Crippen molar-refractivity contribution in [1.82, 2.24) is 0 Å². The van der Waals surface area contributed by atoms with Crippen molar-refractivity contribution in [2.45, 2.75) is 239 Å². The molecule has 0 saturated carbocycles. The van der Waals surface area contributed by atoms with Gasteiger partial charge < -0.3 is 14.2 Å². The Kier molecular flexibility index (Phi) is 46.0. The highest BCUT2D eigenvalue weighted by atomic mass is 16.6. The van der Waals surface area contributed by atoms with Gasteiger partial charge in [0.05, 0.1) is 0 Å². The van der Waals surface area contributed by atoms with Gasteiger partial charge in [0.1, 0.15) is 13.2 Å². The van der Waals surface area contributed by atoms with Crippen molar-refractivity contribution < 1.29 is 28.6 Å². The summed E-state index contributed by atoms with van der Waals surface area (Å²) in [6.07, 6.45) is 60.2. The lowest BCUT2D eigenvalue weighted by Gasteiger charge is -2.18. The number of hydrogen-bond donors (Lipinski definition) is 0. The Balaban J connectivity index is 4.47. The molecule has 0 aliphatic carbocycles. The Morgan fingerprint density at radius 1 is 0.350 bits per heavy atom. The van der Waals surface area contributed by atoms with Crippen molar-refractivity contribution in [3.63, 3.8) is 0 Å². The molecule has 0 aromatic carbocycles. The average Bonchev–Trinajstić information content (AvgIpc) is 3.24. The molecule has 6 nitrogen and oxygen atoms in total. The van der Waals surface area contributed by atoms with Gasteiger partial charge in [-0.1, -0.05) is 196 Å². The van der Waals surface area contributed by atoms with Gasteiger partial charge in [0.25, 0.3) is 0 Å². The molecule has 60 heavy (non-hydrogen) atoms. The number of unbranched alkanes of at least 4 members (excludes halogenated alkanes) is 24.